The summed E-state index contributed by atoms with van der Waals surface area (Å²) in [6, 6.07) is 0. The van der Waals surface area contributed by atoms with E-state index in [-0.39, 0.29) is 0 Å². The van der Waals surface area contributed by atoms with Crippen molar-refractivity contribution in [1.29, 1.82) is 0 Å². The molecule has 0 radical (unpaired) electrons. The second kappa shape index (κ2) is 3.45. The third kappa shape index (κ3) is 3.09. The third-order valence-corrected chi connectivity index (χ3v) is 0.798. The Kier molecular flexibility index (Phi) is 2.91. The zero-order valence-electron chi connectivity index (χ0n) is 5.23. The van der Waals surface area contributed by atoms with Crippen LogP contribution in [0.15, 0.2) is 0 Å². The van der Waals surface area contributed by atoms with E-state index in [9.17, 15) is 19.2 Å². The summed E-state index contributed by atoms with van der Waals surface area (Å²) in [6.45, 7) is 0. The van der Waals surface area contributed by atoms with E-state index in [0.717, 1.165) is 0 Å². The number of carbonyl (C=O) groups excluding carboxylic acids is 2. The summed E-state index contributed by atoms with van der Waals surface area (Å²) >= 11 is 0. The molecule has 0 saturated heterocycles. The van der Waals surface area contributed by atoms with Gasteiger partial charge < -0.3 is 10.2 Å². The van der Waals surface area contributed by atoms with Crippen LogP contribution in [0, 0.1) is 0 Å². The minimum absolute atomic E-state index is 1.09. The van der Waals surface area contributed by atoms with Crippen LogP contribution in [0.2, 0.25) is 0 Å². The Labute approximate surface area is 60.4 Å². The number of hydrogen-bond donors (Lipinski definition) is 2. The van der Waals surface area contributed by atoms with Gasteiger partial charge in [0.15, 0.2) is 0 Å². The Balaban J connectivity index is 4.07. The van der Waals surface area contributed by atoms with Crippen LogP contribution >= 0.6 is 0 Å². The first-order chi connectivity index (χ1) is 4.95. The van der Waals surface area contributed by atoms with E-state index in [2.05, 4.69) is 0 Å². The quantitative estimate of drug-likeness (QED) is 0.390. The zero-order valence-corrected chi connectivity index (χ0v) is 5.23. The lowest BCUT2D eigenvalue weighted by molar-refractivity contribution is -0.154. The summed E-state index contributed by atoms with van der Waals surface area (Å²) in [5.41, 5.74) is 0. The van der Waals surface area contributed by atoms with Gasteiger partial charge in [0, 0.05) is 0 Å². The lowest BCUT2D eigenvalue weighted by Gasteiger charge is -1.88. The molecule has 0 aromatic rings. The van der Waals surface area contributed by atoms with Gasteiger partial charge in [-0.25, -0.2) is 9.59 Å². The molecule has 6 nitrogen and oxygen atoms in total. The van der Waals surface area contributed by atoms with Gasteiger partial charge in [0.05, 0.1) is 6.42 Å². The predicted octanol–water partition coefficient (Wildman–Crippen LogP) is -1.32. The van der Waals surface area contributed by atoms with Gasteiger partial charge in [-0.15, -0.1) is 0 Å². The van der Waals surface area contributed by atoms with E-state index in [1.807, 2.05) is 0 Å². The van der Waals surface area contributed by atoms with Gasteiger partial charge in [-0.05, 0) is 0 Å². The maximum Gasteiger partial charge on any atom is 0.372 e. The Morgan fingerprint density at radius 2 is 1.09 bits per heavy atom. The van der Waals surface area contributed by atoms with E-state index >= 15 is 0 Å². The van der Waals surface area contributed by atoms with Crippen molar-refractivity contribution in [1.82, 2.24) is 0 Å². The van der Waals surface area contributed by atoms with Crippen LogP contribution in [0.5, 0.6) is 0 Å². The molecule has 0 rings (SSSR count). The van der Waals surface area contributed by atoms with Crippen molar-refractivity contribution in [3.8, 4) is 0 Å². The Morgan fingerprint density at radius 1 is 0.818 bits per heavy atom. The van der Waals surface area contributed by atoms with Crippen LogP contribution in [-0.2, 0) is 19.2 Å². The molecule has 0 fully saturated rings. The normalized spacial score (nSPS) is 8.73. The van der Waals surface area contributed by atoms with Crippen molar-refractivity contribution in [3.05, 3.63) is 0 Å². The SMILES string of the molecule is O=C(O)C(=O)CC(=O)C(=O)O. The number of ketones is 2. The predicted molar refractivity (Wildman–Crippen MR) is 29.9 cm³/mol. The number of carboxylic acids is 2. The van der Waals surface area contributed by atoms with Crippen molar-refractivity contribution in [2.75, 3.05) is 0 Å². The summed E-state index contributed by atoms with van der Waals surface area (Å²) in [5, 5.41) is 15.8. The van der Waals surface area contributed by atoms with Gasteiger partial charge in [0.25, 0.3) is 0 Å². The summed E-state index contributed by atoms with van der Waals surface area (Å²) in [6.07, 6.45) is -1.09. The molecule has 11 heavy (non-hydrogen) atoms. The smallest absolute Gasteiger partial charge is 0.372 e. The zero-order chi connectivity index (χ0) is 9.02. The first kappa shape index (κ1) is 9.28. The number of Topliss-reactive ketones (excluding diaryl/α,β-unsaturated/α-hetero) is 2. The lowest BCUT2D eigenvalue weighted by Crippen LogP contribution is -2.22. The second-order valence-electron chi connectivity index (χ2n) is 1.63. The molecular formula is C5H4O6. The summed E-state index contributed by atoms with van der Waals surface area (Å²) in [7, 11) is 0. The van der Waals surface area contributed by atoms with Crippen molar-refractivity contribution >= 4 is 23.5 Å². The molecule has 0 bridgehead atoms. The molecule has 0 amide bonds. The summed E-state index contributed by atoms with van der Waals surface area (Å²) < 4.78 is 0. The third-order valence-electron chi connectivity index (χ3n) is 0.798. The molecule has 0 saturated carbocycles. The molecule has 2 N–H and O–H groups in total. The highest BCUT2D eigenvalue weighted by Crippen LogP contribution is 1.86. The highest BCUT2D eigenvalue weighted by Gasteiger charge is 2.20. The van der Waals surface area contributed by atoms with Gasteiger partial charge in [-0.1, -0.05) is 0 Å². The standard InChI is InChI=1S/C5H4O6/c6-2(4(8)9)1-3(7)5(10)11/h1H2,(H,8,9)(H,10,11). The van der Waals surface area contributed by atoms with Crippen molar-refractivity contribution in [2.45, 2.75) is 6.42 Å². The molecular weight excluding hydrogens is 156 g/mol. The fourth-order valence-electron chi connectivity index (χ4n) is 0.297. The number of rotatable bonds is 4. The van der Waals surface area contributed by atoms with Gasteiger partial charge in [-0.3, -0.25) is 9.59 Å². The average molecular weight is 160 g/mol. The van der Waals surface area contributed by atoms with Crippen molar-refractivity contribution in [3.63, 3.8) is 0 Å². The van der Waals surface area contributed by atoms with Crippen LogP contribution in [-0.4, -0.2) is 33.7 Å². The molecule has 0 atom stereocenters. The number of aliphatic carboxylic acids is 2. The molecule has 0 spiro atoms. The topological polar surface area (TPSA) is 109 Å². The minimum atomic E-state index is -1.81. The van der Waals surface area contributed by atoms with Gasteiger partial charge >= 0.3 is 11.9 Å². The maximum absolute atomic E-state index is 10.2. The molecule has 60 valence electrons. The van der Waals surface area contributed by atoms with Crippen molar-refractivity contribution in [2.24, 2.45) is 0 Å². The molecule has 0 aliphatic heterocycles. The Bertz CT molecular complexity index is 203. The average Bonchev–Trinajstić information content (AvgIpc) is 1.87. The first-order valence-corrected chi connectivity index (χ1v) is 2.47. The van der Waals surface area contributed by atoms with Crippen LogP contribution in [0.1, 0.15) is 6.42 Å². The molecule has 0 aliphatic carbocycles. The van der Waals surface area contributed by atoms with Crippen molar-refractivity contribution < 1.29 is 29.4 Å². The first-order valence-electron chi connectivity index (χ1n) is 2.47. The van der Waals surface area contributed by atoms with Crippen LogP contribution in [0.25, 0.3) is 0 Å². The minimum Gasteiger partial charge on any atom is -0.475 e. The van der Waals surface area contributed by atoms with Crippen LogP contribution in [0.3, 0.4) is 0 Å². The lowest BCUT2D eigenvalue weighted by atomic mass is 10.2. The largest absolute Gasteiger partial charge is 0.475 e. The number of carboxylic acid groups (broad SMARTS) is 2. The monoisotopic (exact) mass is 160 g/mol. The molecule has 0 aromatic heterocycles. The van der Waals surface area contributed by atoms with E-state index in [1.165, 1.54) is 0 Å². The molecule has 6 heteroatoms. The van der Waals surface area contributed by atoms with Gasteiger partial charge in [0.2, 0.25) is 11.6 Å². The van der Waals surface area contributed by atoms with E-state index in [4.69, 9.17) is 10.2 Å². The number of hydrogen-bond acceptors (Lipinski definition) is 4. The molecule has 0 heterocycles. The van der Waals surface area contributed by atoms with E-state index in [1.54, 1.807) is 0 Å². The maximum atomic E-state index is 10.2. The number of carbonyl (C=O) groups is 4. The molecule has 0 aromatic carbocycles. The summed E-state index contributed by atoms with van der Waals surface area (Å²) in [5.74, 6) is -6.45. The fraction of sp³-hybridized carbons (Fsp3) is 0.200. The Hall–Kier alpha value is -1.72. The van der Waals surface area contributed by atoms with E-state index in [0.29, 0.717) is 0 Å². The van der Waals surface area contributed by atoms with E-state index < -0.39 is 29.9 Å². The fourth-order valence-corrected chi connectivity index (χ4v) is 0.297. The second-order valence-corrected chi connectivity index (χ2v) is 1.63. The van der Waals surface area contributed by atoms with Gasteiger partial charge in [-0.2, -0.15) is 0 Å². The molecule has 0 unspecified atom stereocenters. The highest BCUT2D eigenvalue weighted by molar-refractivity contribution is 6.44. The highest BCUT2D eigenvalue weighted by atomic mass is 16.4. The summed E-state index contributed by atoms with van der Waals surface area (Å²) in [4.78, 5) is 39.9. The Morgan fingerprint density at radius 3 is 1.27 bits per heavy atom. The van der Waals surface area contributed by atoms with Crippen LogP contribution < -0.4 is 0 Å². The van der Waals surface area contributed by atoms with Crippen LogP contribution in [0.4, 0.5) is 0 Å². The van der Waals surface area contributed by atoms with Gasteiger partial charge in [0.1, 0.15) is 0 Å². The molecule has 0 aliphatic rings.